The van der Waals surface area contributed by atoms with E-state index in [1.54, 1.807) is 17.0 Å². The topological polar surface area (TPSA) is 46.1 Å². The minimum absolute atomic E-state index is 0.0454. The molecule has 0 spiro atoms. The van der Waals surface area contributed by atoms with Gasteiger partial charge in [0, 0.05) is 29.4 Å². The number of hydrogen-bond donors (Lipinski definition) is 0. The molecule has 0 atom stereocenters. The van der Waals surface area contributed by atoms with Gasteiger partial charge in [-0.2, -0.15) is 0 Å². The number of aromatic nitrogens is 2. The summed E-state index contributed by atoms with van der Waals surface area (Å²) in [7, 11) is 0. The summed E-state index contributed by atoms with van der Waals surface area (Å²) in [5.41, 5.74) is 2.45. The highest BCUT2D eigenvalue weighted by molar-refractivity contribution is 8.00. The number of thioether (sulfide) groups is 1. The Bertz CT molecular complexity index is 1000. The van der Waals surface area contributed by atoms with E-state index < -0.39 is 0 Å². The largest absolute Gasteiger partial charge is 0.338 e. The third kappa shape index (κ3) is 4.57. The normalized spacial score (nSPS) is 10.8. The molecule has 0 saturated carbocycles. The number of fused-ring (bicyclic) bond motifs is 1. The summed E-state index contributed by atoms with van der Waals surface area (Å²) in [5, 5.41) is 11.3. The van der Waals surface area contributed by atoms with Crippen LogP contribution in [0, 0.1) is 5.82 Å². The zero-order valence-electron chi connectivity index (χ0n) is 16.0. The second-order valence-electron chi connectivity index (χ2n) is 6.56. The fraction of sp³-hybridized carbons (Fsp3) is 0.227. The van der Waals surface area contributed by atoms with Crippen molar-refractivity contribution in [3.63, 3.8) is 0 Å². The molecule has 0 aliphatic rings. The van der Waals surface area contributed by atoms with Crippen molar-refractivity contribution in [3.8, 4) is 11.3 Å². The van der Waals surface area contributed by atoms with Crippen molar-refractivity contribution in [2.24, 2.45) is 0 Å². The van der Waals surface area contributed by atoms with Crippen molar-refractivity contribution in [1.82, 2.24) is 15.1 Å². The van der Waals surface area contributed by atoms with E-state index in [0.717, 1.165) is 21.9 Å². The van der Waals surface area contributed by atoms with E-state index in [4.69, 9.17) is 0 Å². The van der Waals surface area contributed by atoms with E-state index in [1.165, 1.54) is 23.9 Å². The number of rotatable bonds is 7. The van der Waals surface area contributed by atoms with Gasteiger partial charge < -0.3 is 4.90 Å². The van der Waals surface area contributed by atoms with Crippen molar-refractivity contribution in [3.05, 3.63) is 66.5 Å². The van der Waals surface area contributed by atoms with Crippen LogP contribution < -0.4 is 0 Å². The highest BCUT2D eigenvalue weighted by Gasteiger charge is 2.15. The number of carbonyl (C=O) groups is 1. The van der Waals surface area contributed by atoms with Crippen molar-refractivity contribution < 1.29 is 9.18 Å². The Morgan fingerprint density at radius 3 is 2.43 bits per heavy atom. The van der Waals surface area contributed by atoms with Crippen LogP contribution in [-0.2, 0) is 4.79 Å². The Morgan fingerprint density at radius 2 is 1.79 bits per heavy atom. The molecule has 28 heavy (non-hydrogen) atoms. The molecule has 0 unspecified atom stereocenters. The number of amides is 1. The van der Waals surface area contributed by atoms with Crippen molar-refractivity contribution >= 4 is 28.4 Å². The van der Waals surface area contributed by atoms with Crippen molar-refractivity contribution in [1.29, 1.82) is 0 Å². The van der Waals surface area contributed by atoms with Gasteiger partial charge in [0.1, 0.15) is 16.5 Å². The van der Waals surface area contributed by atoms with Gasteiger partial charge in [-0.1, -0.05) is 48.2 Å². The molecular formula is C22H22FN3OS. The molecule has 3 rings (SSSR count). The first kappa shape index (κ1) is 20.0. The number of likely N-dealkylation sites (N-methyl/N-ethyl adjacent to an activating group) is 1. The molecule has 6 heteroatoms. The fourth-order valence-corrected chi connectivity index (χ4v) is 3.81. The first-order valence-electron chi connectivity index (χ1n) is 9.06. The highest BCUT2D eigenvalue weighted by atomic mass is 32.2. The van der Waals surface area contributed by atoms with E-state index >= 15 is 0 Å². The second-order valence-corrected chi connectivity index (χ2v) is 7.52. The van der Waals surface area contributed by atoms with Crippen LogP contribution in [0.25, 0.3) is 22.0 Å². The maximum Gasteiger partial charge on any atom is 0.233 e. The average Bonchev–Trinajstić information content (AvgIpc) is 2.70. The summed E-state index contributed by atoms with van der Waals surface area (Å²) in [6.07, 6.45) is 0. The predicted molar refractivity (Wildman–Crippen MR) is 113 cm³/mol. The van der Waals surface area contributed by atoms with Crippen LogP contribution in [0.2, 0.25) is 0 Å². The number of benzene rings is 2. The maximum absolute atomic E-state index is 13.2. The summed E-state index contributed by atoms with van der Waals surface area (Å²) >= 11 is 1.38. The molecular weight excluding hydrogens is 373 g/mol. The Balaban J connectivity index is 1.87. The second kappa shape index (κ2) is 8.97. The molecule has 0 bridgehead atoms. The van der Waals surface area contributed by atoms with E-state index in [1.807, 2.05) is 38.1 Å². The van der Waals surface area contributed by atoms with Gasteiger partial charge in [0.2, 0.25) is 5.91 Å². The van der Waals surface area contributed by atoms with Crippen LogP contribution in [0.15, 0.2) is 65.7 Å². The Hall–Kier alpha value is -2.73. The lowest BCUT2D eigenvalue weighted by atomic mass is 10.1. The monoisotopic (exact) mass is 395 g/mol. The minimum Gasteiger partial charge on any atom is -0.338 e. The fourth-order valence-electron chi connectivity index (χ4n) is 2.93. The van der Waals surface area contributed by atoms with Gasteiger partial charge in [-0.15, -0.1) is 10.2 Å². The van der Waals surface area contributed by atoms with E-state index in [2.05, 4.69) is 16.8 Å². The zero-order valence-corrected chi connectivity index (χ0v) is 16.8. The van der Waals surface area contributed by atoms with Gasteiger partial charge in [0.15, 0.2) is 0 Å². The minimum atomic E-state index is -0.290. The van der Waals surface area contributed by atoms with Gasteiger partial charge in [0.25, 0.3) is 0 Å². The SMILES string of the molecule is C=C(C)CN(CC)C(=O)CSc1nnc(-c2ccc(F)cc2)c2ccccc12. The van der Waals surface area contributed by atoms with Crippen LogP contribution in [0.5, 0.6) is 0 Å². The van der Waals surface area contributed by atoms with Gasteiger partial charge in [0.05, 0.1) is 5.75 Å². The highest BCUT2D eigenvalue weighted by Crippen LogP contribution is 2.31. The summed E-state index contributed by atoms with van der Waals surface area (Å²) < 4.78 is 13.2. The third-order valence-corrected chi connectivity index (χ3v) is 5.26. The Morgan fingerprint density at radius 1 is 1.11 bits per heavy atom. The lowest BCUT2D eigenvalue weighted by Gasteiger charge is -2.20. The molecule has 1 aromatic heterocycles. The van der Waals surface area contributed by atoms with Crippen LogP contribution in [-0.4, -0.2) is 39.8 Å². The number of halogens is 1. The van der Waals surface area contributed by atoms with Crippen LogP contribution in [0.1, 0.15) is 13.8 Å². The predicted octanol–water partition coefficient (Wildman–Crippen LogP) is 4.95. The number of carbonyl (C=O) groups excluding carboxylic acids is 1. The van der Waals surface area contributed by atoms with Gasteiger partial charge in [-0.05, 0) is 38.1 Å². The number of nitrogens with zero attached hydrogens (tertiary/aromatic N) is 3. The quantitative estimate of drug-likeness (QED) is 0.419. The average molecular weight is 396 g/mol. The molecule has 0 saturated heterocycles. The summed E-state index contributed by atoms with van der Waals surface area (Å²) in [6, 6.07) is 14.0. The first-order chi connectivity index (χ1) is 13.5. The summed E-state index contributed by atoms with van der Waals surface area (Å²) in [5.74, 6) is 0.0429. The lowest BCUT2D eigenvalue weighted by Crippen LogP contribution is -2.33. The first-order valence-corrected chi connectivity index (χ1v) is 10.0. The van der Waals surface area contributed by atoms with Crippen molar-refractivity contribution in [2.45, 2.75) is 18.9 Å². The van der Waals surface area contributed by atoms with Gasteiger partial charge in [-0.3, -0.25) is 4.79 Å². The smallest absolute Gasteiger partial charge is 0.233 e. The molecule has 0 N–H and O–H groups in total. The molecule has 2 aromatic carbocycles. The maximum atomic E-state index is 13.2. The Labute approximate surface area is 168 Å². The summed E-state index contributed by atoms with van der Waals surface area (Å²) in [4.78, 5) is 14.3. The zero-order chi connectivity index (χ0) is 20.1. The summed E-state index contributed by atoms with van der Waals surface area (Å²) in [6.45, 7) is 8.95. The van der Waals surface area contributed by atoms with E-state index in [9.17, 15) is 9.18 Å². The molecule has 0 aliphatic heterocycles. The third-order valence-electron chi connectivity index (χ3n) is 4.30. The molecule has 0 radical (unpaired) electrons. The van der Waals surface area contributed by atoms with Gasteiger partial charge >= 0.3 is 0 Å². The molecule has 0 fully saturated rings. The standard InChI is InChI=1S/C22H22FN3OS/c1-4-26(13-15(2)3)20(27)14-28-22-19-8-6-5-7-18(19)21(24-25-22)16-9-11-17(23)12-10-16/h5-12H,2,4,13-14H2,1,3H3. The lowest BCUT2D eigenvalue weighted by molar-refractivity contribution is -0.127. The molecule has 4 nitrogen and oxygen atoms in total. The Kier molecular flexibility index (Phi) is 6.41. The molecule has 1 amide bonds. The molecule has 1 heterocycles. The van der Waals surface area contributed by atoms with E-state index in [0.29, 0.717) is 23.8 Å². The molecule has 0 aliphatic carbocycles. The van der Waals surface area contributed by atoms with Crippen molar-refractivity contribution in [2.75, 3.05) is 18.8 Å². The van der Waals surface area contributed by atoms with Crippen LogP contribution >= 0.6 is 11.8 Å². The number of hydrogen-bond acceptors (Lipinski definition) is 4. The van der Waals surface area contributed by atoms with Gasteiger partial charge in [-0.25, -0.2) is 4.39 Å². The van der Waals surface area contributed by atoms with E-state index in [-0.39, 0.29) is 17.5 Å². The molecule has 3 aromatic rings. The molecule has 144 valence electrons. The van der Waals surface area contributed by atoms with Crippen LogP contribution in [0.4, 0.5) is 4.39 Å². The van der Waals surface area contributed by atoms with Crippen LogP contribution in [0.3, 0.4) is 0 Å².